The van der Waals surface area contributed by atoms with E-state index in [1.807, 2.05) is 0 Å². The standard InChI is InChI=1S/C48H101NP2S2/c1-5-9-13-17-21-25-29-33-37-41-45-50(52,46-42-38-34-30-26-22-18-14-10-6-2)49-51(53,47-43-39-35-31-27-23-19-15-11-7-3)48-44-40-36-32-28-24-20-16-12-8-4/h5-48H2,1-4H3,(H,49,52,53). The summed E-state index contributed by atoms with van der Waals surface area (Å²) in [7, 11) is 0. The second kappa shape index (κ2) is 42.9. The van der Waals surface area contributed by atoms with Crippen molar-refractivity contribution in [3.63, 3.8) is 0 Å². The summed E-state index contributed by atoms with van der Waals surface area (Å²) in [6.45, 7) is 9.28. The van der Waals surface area contributed by atoms with Crippen LogP contribution in [0.3, 0.4) is 0 Å². The normalized spacial score (nSPS) is 12.3. The van der Waals surface area contributed by atoms with E-state index in [-0.39, 0.29) is 0 Å². The van der Waals surface area contributed by atoms with E-state index < -0.39 is 12.4 Å². The van der Waals surface area contributed by atoms with Crippen LogP contribution in [0.15, 0.2) is 0 Å². The van der Waals surface area contributed by atoms with E-state index in [0.29, 0.717) is 0 Å². The molecule has 0 bridgehead atoms. The molecule has 0 aromatic carbocycles. The molecule has 0 radical (unpaired) electrons. The Morgan fingerprint density at radius 2 is 0.358 bits per heavy atom. The summed E-state index contributed by atoms with van der Waals surface area (Å²) in [6.07, 6.45) is 58.2. The van der Waals surface area contributed by atoms with E-state index in [2.05, 4.69) is 32.6 Å². The zero-order valence-electron chi connectivity index (χ0n) is 37.3. The largest absolute Gasteiger partial charge is 0.259 e. The summed E-state index contributed by atoms with van der Waals surface area (Å²) >= 11 is 13.6. The molecule has 0 saturated carbocycles. The van der Waals surface area contributed by atoms with Crippen LogP contribution >= 0.6 is 12.4 Å². The SMILES string of the molecule is CCCCCCCCCCCCP(=S)(CCCCCCCCCCCC)NP(=S)(CCCCCCCCCCCC)CCCCCCCCCCCC. The summed E-state index contributed by atoms with van der Waals surface area (Å²) < 4.78 is 0. The lowest BCUT2D eigenvalue weighted by molar-refractivity contribution is 0.561. The van der Waals surface area contributed by atoms with Crippen LogP contribution in [0.5, 0.6) is 0 Å². The van der Waals surface area contributed by atoms with E-state index in [1.54, 1.807) is 0 Å². The molecular formula is C48H101NP2S2. The lowest BCUT2D eigenvalue weighted by Crippen LogP contribution is -2.17. The van der Waals surface area contributed by atoms with Gasteiger partial charge in [-0.05, 0) is 50.3 Å². The van der Waals surface area contributed by atoms with E-state index >= 15 is 0 Å². The van der Waals surface area contributed by atoms with Gasteiger partial charge < -0.3 is 0 Å². The Morgan fingerprint density at radius 3 is 0.509 bits per heavy atom. The van der Waals surface area contributed by atoms with Crippen molar-refractivity contribution >= 4 is 36.0 Å². The summed E-state index contributed by atoms with van der Waals surface area (Å²) in [5.74, 6) is 0. The molecule has 1 nitrogen and oxygen atoms in total. The molecule has 5 heteroatoms. The number of rotatable bonds is 46. The third kappa shape index (κ3) is 39.9. The number of hydrogen-bond acceptors (Lipinski definition) is 2. The molecule has 0 aromatic rings. The zero-order valence-corrected chi connectivity index (χ0v) is 40.7. The third-order valence-electron chi connectivity index (χ3n) is 11.9. The van der Waals surface area contributed by atoms with E-state index in [1.165, 1.54) is 281 Å². The van der Waals surface area contributed by atoms with Crippen LogP contribution in [0.1, 0.15) is 285 Å². The van der Waals surface area contributed by atoms with Crippen LogP contribution in [0, 0.1) is 0 Å². The Kier molecular flexibility index (Phi) is 43.9. The fourth-order valence-electron chi connectivity index (χ4n) is 8.17. The fourth-order valence-corrected chi connectivity index (χ4v) is 20.6. The van der Waals surface area contributed by atoms with Crippen LogP contribution in [0.2, 0.25) is 0 Å². The molecule has 0 aliphatic rings. The highest BCUT2D eigenvalue weighted by Crippen LogP contribution is 2.57. The minimum absolute atomic E-state index is 1.27. The Labute approximate surface area is 348 Å². The van der Waals surface area contributed by atoms with Crippen molar-refractivity contribution in [3.05, 3.63) is 0 Å². The molecular weight excluding hydrogens is 717 g/mol. The van der Waals surface area contributed by atoms with Gasteiger partial charge in [-0.3, -0.25) is 4.86 Å². The van der Waals surface area contributed by atoms with Gasteiger partial charge in [-0.25, -0.2) is 0 Å². The predicted molar refractivity (Wildman–Crippen MR) is 259 cm³/mol. The average molecular weight is 818 g/mol. The highest BCUT2D eigenvalue weighted by molar-refractivity contribution is 8.22. The van der Waals surface area contributed by atoms with Crippen molar-refractivity contribution in [2.45, 2.75) is 285 Å². The van der Waals surface area contributed by atoms with Gasteiger partial charge in [0, 0.05) is 12.4 Å². The molecule has 0 aliphatic carbocycles. The lowest BCUT2D eigenvalue weighted by atomic mass is 10.1. The Morgan fingerprint density at radius 1 is 0.226 bits per heavy atom. The van der Waals surface area contributed by atoms with Crippen LogP contribution in [-0.4, -0.2) is 24.6 Å². The zero-order chi connectivity index (χ0) is 38.8. The van der Waals surface area contributed by atoms with E-state index in [0.717, 1.165) is 0 Å². The maximum absolute atomic E-state index is 6.79. The molecule has 0 spiro atoms. The lowest BCUT2D eigenvalue weighted by Gasteiger charge is -2.33. The summed E-state index contributed by atoms with van der Waals surface area (Å²) in [5.41, 5.74) is 0. The van der Waals surface area contributed by atoms with Crippen molar-refractivity contribution in [1.29, 1.82) is 0 Å². The van der Waals surface area contributed by atoms with Gasteiger partial charge >= 0.3 is 0 Å². The monoisotopic (exact) mass is 818 g/mol. The Bertz CT molecular complexity index is 682. The first-order valence-electron chi connectivity index (χ1n) is 24.9. The van der Waals surface area contributed by atoms with E-state index in [4.69, 9.17) is 23.6 Å². The molecule has 0 saturated heterocycles. The molecule has 53 heavy (non-hydrogen) atoms. The van der Waals surface area contributed by atoms with E-state index in [9.17, 15) is 0 Å². The summed E-state index contributed by atoms with van der Waals surface area (Å²) in [4.78, 5) is 4.38. The molecule has 0 atom stereocenters. The van der Waals surface area contributed by atoms with Gasteiger partial charge in [0.1, 0.15) is 0 Å². The first-order chi connectivity index (χ1) is 25.9. The van der Waals surface area contributed by atoms with Gasteiger partial charge in [-0.15, -0.1) is 0 Å². The van der Waals surface area contributed by atoms with Gasteiger partial charge in [0.15, 0.2) is 0 Å². The second-order valence-corrected chi connectivity index (χ2v) is 27.8. The quantitative estimate of drug-likeness (QED) is 0.0485. The number of nitrogens with one attached hydrogen (secondary N) is 1. The minimum atomic E-state index is -1.62. The maximum atomic E-state index is 6.79. The van der Waals surface area contributed by atoms with Gasteiger partial charge in [0.25, 0.3) is 0 Å². The molecule has 0 unspecified atom stereocenters. The first kappa shape index (κ1) is 54.3. The molecule has 0 amide bonds. The molecule has 0 aromatic heterocycles. The van der Waals surface area contributed by atoms with Crippen LogP contribution in [0.25, 0.3) is 0 Å². The highest BCUT2D eigenvalue weighted by atomic mass is 32.5. The van der Waals surface area contributed by atoms with Crippen molar-refractivity contribution in [3.8, 4) is 0 Å². The average Bonchev–Trinajstić information content (AvgIpc) is 3.14. The number of hydrogen-bond donors (Lipinski definition) is 1. The predicted octanol–water partition coefficient (Wildman–Crippen LogP) is 19.0. The molecule has 0 rings (SSSR count). The summed E-state index contributed by atoms with van der Waals surface area (Å²) in [6, 6.07) is 0. The molecule has 320 valence electrons. The molecule has 0 aliphatic heterocycles. The van der Waals surface area contributed by atoms with Gasteiger partial charge in [-0.2, -0.15) is 0 Å². The Balaban J connectivity index is 5.11. The fraction of sp³-hybridized carbons (Fsp3) is 1.00. The van der Waals surface area contributed by atoms with Crippen molar-refractivity contribution in [1.82, 2.24) is 4.86 Å². The third-order valence-corrected chi connectivity index (χ3v) is 22.6. The van der Waals surface area contributed by atoms with Gasteiger partial charge in [0.05, 0.1) is 0 Å². The highest BCUT2D eigenvalue weighted by Gasteiger charge is 2.25. The van der Waals surface area contributed by atoms with Gasteiger partial charge in [-0.1, -0.05) is 282 Å². The van der Waals surface area contributed by atoms with Crippen LogP contribution < -0.4 is 4.86 Å². The molecule has 0 fully saturated rings. The Hall–Kier alpha value is 1.26. The molecule has 0 heterocycles. The van der Waals surface area contributed by atoms with Crippen molar-refractivity contribution < 1.29 is 0 Å². The van der Waals surface area contributed by atoms with Crippen molar-refractivity contribution in [2.24, 2.45) is 0 Å². The molecule has 1 N–H and O–H groups in total. The maximum Gasteiger partial charge on any atom is 0.0164 e. The van der Waals surface area contributed by atoms with Crippen LogP contribution in [0.4, 0.5) is 0 Å². The number of unbranched alkanes of at least 4 members (excludes halogenated alkanes) is 36. The van der Waals surface area contributed by atoms with Gasteiger partial charge in [0.2, 0.25) is 0 Å². The second-order valence-electron chi connectivity index (χ2n) is 17.5. The smallest absolute Gasteiger partial charge is 0.0164 e. The first-order valence-corrected chi connectivity index (χ1v) is 31.3. The summed E-state index contributed by atoms with van der Waals surface area (Å²) in [5, 5.41) is 0. The van der Waals surface area contributed by atoms with Crippen LogP contribution in [-0.2, 0) is 23.6 Å². The topological polar surface area (TPSA) is 12.0 Å². The minimum Gasteiger partial charge on any atom is -0.259 e. The van der Waals surface area contributed by atoms with Crippen molar-refractivity contribution in [2.75, 3.05) is 24.6 Å².